The van der Waals surface area contributed by atoms with Gasteiger partial charge in [0.1, 0.15) is 0 Å². The lowest BCUT2D eigenvalue weighted by molar-refractivity contribution is 0.127. The van der Waals surface area contributed by atoms with Crippen LogP contribution in [-0.2, 0) is 6.54 Å². The van der Waals surface area contributed by atoms with Crippen molar-refractivity contribution in [2.24, 2.45) is 5.92 Å². The van der Waals surface area contributed by atoms with Gasteiger partial charge >= 0.3 is 0 Å². The van der Waals surface area contributed by atoms with Crippen LogP contribution in [0.5, 0.6) is 0 Å². The monoisotopic (exact) mass is 333 g/mol. The van der Waals surface area contributed by atoms with Crippen LogP contribution in [0.3, 0.4) is 0 Å². The summed E-state index contributed by atoms with van der Waals surface area (Å²) in [6.45, 7) is 8.98. The van der Waals surface area contributed by atoms with E-state index in [1.165, 1.54) is 11.3 Å². The number of nitrogens with zero attached hydrogens (tertiary/aromatic N) is 3. The second-order valence-corrected chi connectivity index (χ2v) is 7.00. The highest BCUT2D eigenvalue weighted by molar-refractivity contribution is 6.30. The number of hydrogen-bond acceptors (Lipinski definition) is 3. The molecule has 2 heterocycles. The van der Waals surface area contributed by atoms with E-state index in [1.807, 2.05) is 35.9 Å². The van der Waals surface area contributed by atoms with Gasteiger partial charge in [0.05, 0.1) is 17.5 Å². The van der Waals surface area contributed by atoms with Crippen molar-refractivity contribution in [2.75, 3.05) is 13.1 Å². The predicted octanol–water partition coefficient (Wildman–Crippen LogP) is 3.35. The summed E-state index contributed by atoms with van der Waals surface area (Å²) in [5, 5.41) is 15.2. The van der Waals surface area contributed by atoms with Gasteiger partial charge in [0.2, 0.25) is 0 Å². The molecule has 3 rings (SSSR count). The maximum Gasteiger partial charge on any atom is 0.0649 e. The van der Waals surface area contributed by atoms with Gasteiger partial charge in [0.25, 0.3) is 0 Å². The minimum absolute atomic E-state index is 0.223. The molecule has 1 aliphatic heterocycles. The molecule has 0 saturated carbocycles. The van der Waals surface area contributed by atoms with Crippen molar-refractivity contribution in [1.82, 2.24) is 14.7 Å². The van der Waals surface area contributed by atoms with Crippen LogP contribution in [0.15, 0.2) is 24.3 Å². The molecule has 0 radical (unpaired) electrons. The van der Waals surface area contributed by atoms with Crippen molar-refractivity contribution in [1.29, 1.82) is 0 Å². The van der Waals surface area contributed by atoms with Gasteiger partial charge in [-0.25, -0.2) is 4.68 Å². The number of rotatable bonds is 4. The molecule has 0 bridgehead atoms. The Kier molecular flexibility index (Phi) is 4.76. The Hall–Kier alpha value is -1.36. The maximum absolute atomic E-state index is 9.77. The molecule has 4 nitrogen and oxygen atoms in total. The van der Waals surface area contributed by atoms with Crippen molar-refractivity contribution in [3.63, 3.8) is 0 Å². The summed E-state index contributed by atoms with van der Waals surface area (Å²) in [5.41, 5.74) is 4.55. The lowest BCUT2D eigenvalue weighted by atomic mass is 10.0. The summed E-state index contributed by atoms with van der Waals surface area (Å²) in [5.74, 6) is 0.391. The average Bonchev–Trinajstić information content (AvgIpc) is 3.09. The van der Waals surface area contributed by atoms with Crippen LogP contribution in [0.25, 0.3) is 5.69 Å². The van der Waals surface area contributed by atoms with Crippen molar-refractivity contribution in [2.45, 2.75) is 39.8 Å². The van der Waals surface area contributed by atoms with Crippen LogP contribution < -0.4 is 0 Å². The van der Waals surface area contributed by atoms with Gasteiger partial charge in [-0.1, -0.05) is 11.6 Å². The summed E-state index contributed by atoms with van der Waals surface area (Å²) in [6, 6.07) is 7.76. The van der Waals surface area contributed by atoms with Crippen LogP contribution in [0, 0.1) is 19.8 Å². The molecular weight excluding hydrogens is 310 g/mol. The molecule has 0 aliphatic carbocycles. The standard InChI is InChI=1S/C18H24ClN3O/c1-12-18(11-21-9-8-15(10-21)14(3)23)13(2)22(20-12)17-6-4-16(19)5-7-17/h4-7,14-15,23H,8-11H2,1-3H3. The minimum atomic E-state index is -0.223. The average molecular weight is 334 g/mol. The zero-order chi connectivity index (χ0) is 16.6. The van der Waals surface area contributed by atoms with E-state index < -0.39 is 0 Å². The number of halogens is 1. The quantitative estimate of drug-likeness (QED) is 0.933. The second-order valence-electron chi connectivity index (χ2n) is 6.56. The smallest absolute Gasteiger partial charge is 0.0649 e. The van der Waals surface area contributed by atoms with E-state index in [1.54, 1.807) is 0 Å². The Balaban J connectivity index is 1.80. The van der Waals surface area contributed by atoms with Crippen LogP contribution in [-0.4, -0.2) is 39.0 Å². The van der Waals surface area contributed by atoms with Crippen LogP contribution in [0.4, 0.5) is 0 Å². The molecule has 1 saturated heterocycles. The summed E-state index contributed by atoms with van der Waals surface area (Å²) in [6.07, 6.45) is 0.847. The summed E-state index contributed by atoms with van der Waals surface area (Å²) >= 11 is 5.97. The van der Waals surface area contributed by atoms with Gasteiger partial charge in [-0.15, -0.1) is 0 Å². The number of aliphatic hydroxyl groups is 1. The van der Waals surface area contributed by atoms with E-state index in [2.05, 4.69) is 18.7 Å². The van der Waals surface area contributed by atoms with Gasteiger partial charge in [-0.2, -0.15) is 5.10 Å². The van der Waals surface area contributed by atoms with Crippen LogP contribution in [0.1, 0.15) is 30.3 Å². The third-order valence-corrected chi connectivity index (χ3v) is 5.14. The first kappa shape index (κ1) is 16.5. The first-order valence-corrected chi connectivity index (χ1v) is 8.55. The van der Waals surface area contributed by atoms with Crippen molar-refractivity contribution in [3.05, 3.63) is 46.2 Å². The molecule has 1 aliphatic rings. The van der Waals surface area contributed by atoms with E-state index in [0.717, 1.165) is 42.5 Å². The predicted molar refractivity (Wildman–Crippen MR) is 93.1 cm³/mol. The molecule has 2 aromatic rings. The molecule has 23 heavy (non-hydrogen) atoms. The fourth-order valence-corrected chi connectivity index (χ4v) is 3.49. The maximum atomic E-state index is 9.77. The molecule has 1 aromatic heterocycles. The molecule has 1 N–H and O–H groups in total. The zero-order valence-corrected chi connectivity index (χ0v) is 14.7. The molecular formula is C18H24ClN3O. The summed E-state index contributed by atoms with van der Waals surface area (Å²) in [4.78, 5) is 2.42. The largest absolute Gasteiger partial charge is 0.393 e. The molecule has 1 aromatic carbocycles. The Morgan fingerprint density at radius 2 is 2.00 bits per heavy atom. The number of aromatic nitrogens is 2. The van der Waals surface area contributed by atoms with E-state index in [0.29, 0.717) is 5.92 Å². The lowest BCUT2D eigenvalue weighted by Crippen LogP contribution is -2.24. The molecule has 0 amide bonds. The van der Waals surface area contributed by atoms with Crippen molar-refractivity contribution >= 4 is 11.6 Å². The van der Waals surface area contributed by atoms with E-state index in [4.69, 9.17) is 16.7 Å². The summed E-state index contributed by atoms with van der Waals surface area (Å²) < 4.78 is 1.99. The topological polar surface area (TPSA) is 41.3 Å². The SMILES string of the molecule is Cc1nn(-c2ccc(Cl)cc2)c(C)c1CN1CCC(C(C)O)C1. The molecule has 2 atom stereocenters. The van der Waals surface area contributed by atoms with Crippen LogP contribution >= 0.6 is 11.6 Å². The van der Waals surface area contributed by atoms with E-state index in [-0.39, 0.29) is 6.10 Å². The Bertz CT molecular complexity index is 678. The number of benzene rings is 1. The second kappa shape index (κ2) is 6.63. The fraction of sp³-hybridized carbons (Fsp3) is 0.500. The Labute approximate surface area is 142 Å². The number of hydrogen-bond donors (Lipinski definition) is 1. The first-order chi connectivity index (χ1) is 11.0. The van der Waals surface area contributed by atoms with Crippen molar-refractivity contribution in [3.8, 4) is 5.69 Å². The highest BCUT2D eigenvalue weighted by Gasteiger charge is 2.27. The van der Waals surface area contributed by atoms with Gasteiger partial charge in [0.15, 0.2) is 0 Å². The third-order valence-electron chi connectivity index (χ3n) is 4.89. The first-order valence-electron chi connectivity index (χ1n) is 8.17. The Morgan fingerprint density at radius 1 is 1.30 bits per heavy atom. The highest BCUT2D eigenvalue weighted by Crippen LogP contribution is 2.25. The zero-order valence-electron chi connectivity index (χ0n) is 14.0. The van der Waals surface area contributed by atoms with Gasteiger partial charge < -0.3 is 5.11 Å². The van der Waals surface area contributed by atoms with E-state index in [9.17, 15) is 5.11 Å². The van der Waals surface area contributed by atoms with Crippen LogP contribution in [0.2, 0.25) is 5.02 Å². The highest BCUT2D eigenvalue weighted by atomic mass is 35.5. The molecule has 5 heteroatoms. The van der Waals surface area contributed by atoms with Gasteiger partial charge in [-0.05, 0) is 63.9 Å². The molecule has 124 valence electrons. The molecule has 0 spiro atoms. The number of likely N-dealkylation sites (tertiary alicyclic amines) is 1. The fourth-order valence-electron chi connectivity index (χ4n) is 3.36. The summed E-state index contributed by atoms with van der Waals surface area (Å²) in [7, 11) is 0. The van der Waals surface area contributed by atoms with Crippen molar-refractivity contribution < 1.29 is 5.11 Å². The van der Waals surface area contributed by atoms with Gasteiger partial charge in [0, 0.05) is 29.4 Å². The molecule has 2 unspecified atom stereocenters. The number of aliphatic hydroxyl groups excluding tert-OH is 1. The van der Waals surface area contributed by atoms with Gasteiger partial charge in [-0.3, -0.25) is 4.90 Å². The molecule has 1 fully saturated rings. The van der Waals surface area contributed by atoms with E-state index >= 15 is 0 Å². The normalized spacial score (nSPS) is 20.1. The number of aryl methyl sites for hydroxylation is 1. The third kappa shape index (κ3) is 3.44. The minimum Gasteiger partial charge on any atom is -0.393 e. The Morgan fingerprint density at radius 3 is 2.61 bits per heavy atom. The lowest BCUT2D eigenvalue weighted by Gasteiger charge is -2.17.